The van der Waals surface area contributed by atoms with Gasteiger partial charge in [0.25, 0.3) is 0 Å². The third-order valence-corrected chi connectivity index (χ3v) is 5.78. The number of nitrogens with zero attached hydrogens (tertiary/aromatic N) is 1. The Morgan fingerprint density at radius 2 is 1.33 bits per heavy atom. The molecule has 0 N–H and O–H groups in total. The van der Waals surface area contributed by atoms with Crippen molar-refractivity contribution < 1.29 is 9.47 Å². The highest BCUT2D eigenvalue weighted by Crippen LogP contribution is 2.38. The Hall–Kier alpha value is -3.46. The van der Waals surface area contributed by atoms with Crippen LogP contribution in [0.25, 0.3) is 21.9 Å². The summed E-state index contributed by atoms with van der Waals surface area (Å²) in [7, 11) is 1.67. The second-order valence-electron chi connectivity index (χ2n) is 7.72. The summed E-state index contributed by atoms with van der Waals surface area (Å²) in [5, 5.41) is 2.50. The molecule has 150 valence electrons. The largest absolute Gasteiger partial charge is 0.497 e. The lowest BCUT2D eigenvalue weighted by atomic mass is 10.0. The van der Waals surface area contributed by atoms with E-state index in [4.69, 9.17) is 9.47 Å². The molecule has 1 aliphatic heterocycles. The number of hydrogen-bond donors (Lipinski definition) is 0. The van der Waals surface area contributed by atoms with Gasteiger partial charge in [0.05, 0.1) is 12.8 Å². The number of fused-ring (bicyclic) bond motifs is 1. The van der Waals surface area contributed by atoms with E-state index < -0.39 is 0 Å². The van der Waals surface area contributed by atoms with Gasteiger partial charge in [0.1, 0.15) is 11.5 Å². The number of ether oxygens (including phenoxy) is 2. The molecule has 0 aliphatic carbocycles. The summed E-state index contributed by atoms with van der Waals surface area (Å²) in [4.78, 5) is 2.42. The lowest BCUT2D eigenvalue weighted by Gasteiger charge is -2.22. The first kappa shape index (κ1) is 18.6. The fraction of sp³-hybridized carbons (Fsp3) is 0.185. The molecular formula is C27H25NO2. The summed E-state index contributed by atoms with van der Waals surface area (Å²) in [6.45, 7) is 2.16. The topological polar surface area (TPSA) is 21.7 Å². The normalized spacial score (nSPS) is 13.6. The van der Waals surface area contributed by atoms with Crippen LogP contribution in [-0.4, -0.2) is 20.2 Å². The Kier molecular flexibility index (Phi) is 5.02. The lowest BCUT2D eigenvalue weighted by Crippen LogP contribution is -2.18. The first-order valence-corrected chi connectivity index (χ1v) is 10.5. The number of methoxy groups -OCH3 is 1. The molecular weight excluding hydrogens is 370 g/mol. The van der Waals surface area contributed by atoms with E-state index in [1.165, 1.54) is 29.2 Å². The molecule has 3 nitrogen and oxygen atoms in total. The molecule has 30 heavy (non-hydrogen) atoms. The fourth-order valence-corrected chi connectivity index (χ4v) is 4.13. The molecule has 0 bridgehead atoms. The van der Waals surface area contributed by atoms with Crippen LogP contribution < -0.4 is 14.4 Å². The monoisotopic (exact) mass is 395 g/mol. The molecule has 3 heteroatoms. The third kappa shape index (κ3) is 3.71. The molecule has 1 heterocycles. The number of hydrogen-bond acceptors (Lipinski definition) is 3. The van der Waals surface area contributed by atoms with Crippen LogP contribution in [0.4, 0.5) is 5.69 Å². The zero-order chi connectivity index (χ0) is 20.3. The van der Waals surface area contributed by atoms with Gasteiger partial charge in [0.15, 0.2) is 5.75 Å². The van der Waals surface area contributed by atoms with E-state index in [1.807, 2.05) is 24.3 Å². The molecule has 0 radical (unpaired) electrons. The second kappa shape index (κ2) is 8.11. The van der Waals surface area contributed by atoms with Gasteiger partial charge in [-0.15, -0.1) is 0 Å². The van der Waals surface area contributed by atoms with E-state index in [-0.39, 0.29) is 0 Å². The highest BCUT2D eigenvalue weighted by atomic mass is 16.5. The summed E-state index contributed by atoms with van der Waals surface area (Å²) >= 11 is 0. The highest BCUT2D eigenvalue weighted by Gasteiger charge is 2.18. The predicted molar refractivity (Wildman–Crippen MR) is 124 cm³/mol. The standard InChI is InChI=1S/C27H25NO2/c1-29-24-11-13-25(14-12-24)30-27-19-23(10-15-26(27)28-16-4-5-17-28)22-9-8-20-6-2-3-7-21(20)18-22/h2-3,6-15,18-19H,4-5,16-17H2,1H3. The summed E-state index contributed by atoms with van der Waals surface area (Å²) in [5.41, 5.74) is 3.52. The van der Waals surface area contributed by atoms with E-state index in [1.54, 1.807) is 7.11 Å². The molecule has 1 saturated heterocycles. The average Bonchev–Trinajstić information content (AvgIpc) is 3.34. The minimum atomic E-state index is 0.812. The minimum Gasteiger partial charge on any atom is -0.497 e. The maximum atomic E-state index is 6.37. The van der Waals surface area contributed by atoms with Gasteiger partial charge in [0, 0.05) is 13.1 Å². The van der Waals surface area contributed by atoms with E-state index in [9.17, 15) is 0 Å². The molecule has 0 saturated carbocycles. The SMILES string of the molecule is COc1ccc(Oc2cc(-c3ccc4ccccc4c3)ccc2N2CCCC2)cc1. The van der Waals surface area contributed by atoms with E-state index >= 15 is 0 Å². The Balaban J connectivity index is 1.54. The van der Waals surface area contributed by atoms with Gasteiger partial charge in [-0.05, 0) is 77.2 Å². The van der Waals surface area contributed by atoms with Crippen molar-refractivity contribution in [1.82, 2.24) is 0 Å². The molecule has 0 unspecified atom stereocenters. The van der Waals surface area contributed by atoms with Crippen molar-refractivity contribution in [2.75, 3.05) is 25.1 Å². The van der Waals surface area contributed by atoms with E-state index in [0.29, 0.717) is 0 Å². The van der Waals surface area contributed by atoms with Crippen molar-refractivity contribution in [2.24, 2.45) is 0 Å². The van der Waals surface area contributed by atoms with Crippen molar-refractivity contribution in [2.45, 2.75) is 12.8 Å². The molecule has 0 atom stereocenters. The molecule has 0 aromatic heterocycles. The van der Waals surface area contributed by atoms with Crippen LogP contribution in [0.2, 0.25) is 0 Å². The van der Waals surface area contributed by atoms with Crippen LogP contribution in [0.1, 0.15) is 12.8 Å². The molecule has 4 aromatic rings. The Bertz CT molecular complexity index is 1160. The molecule has 1 fully saturated rings. The van der Waals surface area contributed by atoms with Crippen LogP contribution in [-0.2, 0) is 0 Å². The Morgan fingerprint density at radius 3 is 2.10 bits per heavy atom. The van der Waals surface area contributed by atoms with Gasteiger partial charge in [-0.2, -0.15) is 0 Å². The maximum Gasteiger partial charge on any atom is 0.151 e. The first-order valence-electron chi connectivity index (χ1n) is 10.5. The van der Waals surface area contributed by atoms with Crippen LogP contribution >= 0.6 is 0 Å². The van der Waals surface area contributed by atoms with Gasteiger partial charge in [0.2, 0.25) is 0 Å². The highest BCUT2D eigenvalue weighted by molar-refractivity contribution is 5.87. The van der Waals surface area contributed by atoms with Crippen LogP contribution in [0.3, 0.4) is 0 Å². The molecule has 4 aromatic carbocycles. The number of rotatable bonds is 5. The summed E-state index contributed by atoms with van der Waals surface area (Å²) in [6.07, 6.45) is 2.46. The molecule has 0 spiro atoms. The Morgan fingerprint density at radius 1 is 0.667 bits per heavy atom. The molecule has 5 rings (SSSR count). The van der Waals surface area contributed by atoms with E-state index in [2.05, 4.69) is 65.6 Å². The zero-order valence-electron chi connectivity index (χ0n) is 17.2. The van der Waals surface area contributed by atoms with Crippen molar-refractivity contribution in [3.8, 4) is 28.4 Å². The summed E-state index contributed by atoms with van der Waals surface area (Å²) in [5.74, 6) is 2.53. The van der Waals surface area contributed by atoms with Crippen LogP contribution in [0.5, 0.6) is 17.2 Å². The lowest BCUT2D eigenvalue weighted by molar-refractivity contribution is 0.413. The number of anilines is 1. The van der Waals surface area contributed by atoms with Crippen molar-refractivity contribution >= 4 is 16.5 Å². The van der Waals surface area contributed by atoms with Crippen LogP contribution in [0.15, 0.2) is 84.9 Å². The average molecular weight is 396 g/mol. The van der Waals surface area contributed by atoms with Crippen LogP contribution in [0, 0.1) is 0 Å². The van der Waals surface area contributed by atoms with Gasteiger partial charge in [-0.3, -0.25) is 0 Å². The van der Waals surface area contributed by atoms with E-state index in [0.717, 1.165) is 41.6 Å². The number of benzene rings is 4. The third-order valence-electron chi connectivity index (χ3n) is 5.78. The van der Waals surface area contributed by atoms with Crippen molar-refractivity contribution in [1.29, 1.82) is 0 Å². The van der Waals surface area contributed by atoms with Gasteiger partial charge < -0.3 is 14.4 Å². The molecule has 1 aliphatic rings. The first-order chi connectivity index (χ1) is 14.8. The fourth-order valence-electron chi connectivity index (χ4n) is 4.13. The quantitative estimate of drug-likeness (QED) is 0.366. The Labute approximate surface area is 177 Å². The smallest absolute Gasteiger partial charge is 0.151 e. The van der Waals surface area contributed by atoms with Crippen molar-refractivity contribution in [3.63, 3.8) is 0 Å². The second-order valence-corrected chi connectivity index (χ2v) is 7.72. The van der Waals surface area contributed by atoms with Gasteiger partial charge in [-0.25, -0.2) is 0 Å². The van der Waals surface area contributed by atoms with Crippen molar-refractivity contribution in [3.05, 3.63) is 84.9 Å². The summed E-state index contributed by atoms with van der Waals surface area (Å²) in [6, 6.07) is 29.4. The maximum absolute atomic E-state index is 6.37. The van der Waals surface area contributed by atoms with Gasteiger partial charge in [-0.1, -0.05) is 42.5 Å². The van der Waals surface area contributed by atoms with Gasteiger partial charge >= 0.3 is 0 Å². The minimum absolute atomic E-state index is 0.812. The zero-order valence-corrected chi connectivity index (χ0v) is 17.2. The molecule has 0 amide bonds. The predicted octanol–water partition coefficient (Wildman–Crippen LogP) is 6.91. The summed E-state index contributed by atoms with van der Waals surface area (Å²) < 4.78 is 11.6.